The van der Waals surface area contributed by atoms with Crippen LogP contribution < -0.4 is 9.03 Å². The number of aromatic hydroxyl groups is 1. The molecule has 2 aromatic rings. The SMILES string of the molecule is O=C1CN(c2ccc(CCc3ccn[nH]3)cc2O)S(=O)(=O)N1. The number of phenolic OH excluding ortho intramolecular Hbond substituents is 1. The van der Waals surface area contributed by atoms with Crippen molar-refractivity contribution in [1.29, 1.82) is 0 Å². The first-order valence-electron chi connectivity index (χ1n) is 6.59. The number of carbonyl (C=O) groups excluding carboxylic acids is 1. The molecule has 1 saturated heterocycles. The predicted molar refractivity (Wildman–Crippen MR) is 78.5 cm³/mol. The van der Waals surface area contributed by atoms with Crippen molar-refractivity contribution < 1.29 is 18.3 Å². The summed E-state index contributed by atoms with van der Waals surface area (Å²) in [5.74, 6) is -0.801. The van der Waals surface area contributed by atoms with Crippen molar-refractivity contribution >= 4 is 21.8 Å². The van der Waals surface area contributed by atoms with Gasteiger partial charge in [-0.2, -0.15) is 13.5 Å². The second-order valence-corrected chi connectivity index (χ2v) is 6.54. The number of hydrogen-bond acceptors (Lipinski definition) is 5. The molecule has 3 N–H and O–H groups in total. The maximum Gasteiger partial charge on any atom is 0.326 e. The van der Waals surface area contributed by atoms with Gasteiger partial charge in [0, 0.05) is 11.9 Å². The molecule has 2 heterocycles. The number of carbonyl (C=O) groups is 1. The summed E-state index contributed by atoms with van der Waals surface area (Å²) in [6.07, 6.45) is 3.05. The van der Waals surface area contributed by atoms with E-state index >= 15 is 0 Å². The molecule has 0 atom stereocenters. The summed E-state index contributed by atoms with van der Waals surface area (Å²) in [5.41, 5.74) is 1.91. The molecule has 1 aliphatic rings. The largest absolute Gasteiger partial charge is 0.506 e. The second-order valence-electron chi connectivity index (χ2n) is 4.94. The van der Waals surface area contributed by atoms with E-state index in [9.17, 15) is 18.3 Å². The average molecular weight is 322 g/mol. The number of amides is 1. The Balaban J connectivity index is 1.79. The minimum atomic E-state index is -3.91. The van der Waals surface area contributed by atoms with Gasteiger partial charge in [0.25, 0.3) is 5.91 Å². The second kappa shape index (κ2) is 5.34. The minimum absolute atomic E-state index is 0.0867. The van der Waals surface area contributed by atoms with E-state index in [4.69, 9.17) is 0 Å². The first-order chi connectivity index (χ1) is 10.5. The summed E-state index contributed by atoms with van der Waals surface area (Å²) in [4.78, 5) is 11.2. The first kappa shape index (κ1) is 14.4. The average Bonchev–Trinajstić information content (AvgIpc) is 3.04. The van der Waals surface area contributed by atoms with Crippen molar-refractivity contribution in [1.82, 2.24) is 14.9 Å². The Morgan fingerprint density at radius 1 is 1.27 bits per heavy atom. The van der Waals surface area contributed by atoms with E-state index in [-0.39, 0.29) is 18.0 Å². The maximum atomic E-state index is 11.8. The number of anilines is 1. The molecular formula is C13H14N4O4S. The van der Waals surface area contributed by atoms with Crippen LogP contribution in [0.25, 0.3) is 0 Å². The molecule has 3 rings (SSSR count). The zero-order valence-electron chi connectivity index (χ0n) is 11.5. The van der Waals surface area contributed by atoms with Crippen LogP contribution in [0.4, 0.5) is 5.69 Å². The van der Waals surface area contributed by atoms with Gasteiger partial charge in [0.1, 0.15) is 12.3 Å². The highest BCUT2D eigenvalue weighted by atomic mass is 32.2. The number of aryl methyl sites for hydroxylation is 2. The van der Waals surface area contributed by atoms with Crippen LogP contribution in [-0.2, 0) is 27.8 Å². The lowest BCUT2D eigenvalue weighted by molar-refractivity contribution is -0.117. The fourth-order valence-electron chi connectivity index (χ4n) is 2.30. The van der Waals surface area contributed by atoms with Crippen LogP contribution in [0.3, 0.4) is 0 Å². The third-order valence-electron chi connectivity index (χ3n) is 3.37. The van der Waals surface area contributed by atoms with Crippen LogP contribution in [0, 0.1) is 0 Å². The molecule has 1 amide bonds. The Morgan fingerprint density at radius 2 is 2.09 bits per heavy atom. The Bertz CT molecular complexity index is 801. The van der Waals surface area contributed by atoms with Gasteiger partial charge in [-0.15, -0.1) is 0 Å². The number of phenols is 1. The van der Waals surface area contributed by atoms with E-state index in [0.29, 0.717) is 6.42 Å². The molecule has 0 bridgehead atoms. The molecule has 0 spiro atoms. The summed E-state index contributed by atoms with van der Waals surface area (Å²) in [6.45, 7) is -0.330. The van der Waals surface area contributed by atoms with Crippen LogP contribution in [0.15, 0.2) is 30.5 Å². The molecule has 1 aromatic heterocycles. The van der Waals surface area contributed by atoms with Crippen molar-refractivity contribution in [2.45, 2.75) is 12.8 Å². The summed E-state index contributed by atoms with van der Waals surface area (Å²) < 4.78 is 26.2. The molecule has 22 heavy (non-hydrogen) atoms. The quantitative estimate of drug-likeness (QED) is 0.737. The Hall–Kier alpha value is -2.55. The molecular weight excluding hydrogens is 308 g/mol. The first-order valence-corrected chi connectivity index (χ1v) is 8.03. The normalized spacial score (nSPS) is 16.7. The standard InChI is InChI=1S/C13H14N4O4S/c18-12-7-9(1-3-10-5-6-14-15-10)2-4-11(12)17-8-13(19)16-22(17,20)21/h2,4-7,18H,1,3,8H2,(H,14,15)(H,16,19). The van der Waals surface area contributed by atoms with E-state index in [2.05, 4.69) is 10.2 Å². The number of rotatable bonds is 4. The van der Waals surface area contributed by atoms with Crippen molar-refractivity contribution in [3.8, 4) is 5.75 Å². The zero-order chi connectivity index (χ0) is 15.7. The highest BCUT2D eigenvalue weighted by Gasteiger charge is 2.35. The monoisotopic (exact) mass is 322 g/mol. The van der Waals surface area contributed by atoms with Gasteiger partial charge in [-0.1, -0.05) is 6.07 Å². The van der Waals surface area contributed by atoms with E-state index < -0.39 is 16.1 Å². The van der Waals surface area contributed by atoms with Gasteiger partial charge < -0.3 is 5.11 Å². The molecule has 0 radical (unpaired) electrons. The highest BCUT2D eigenvalue weighted by molar-refractivity contribution is 7.92. The predicted octanol–water partition coefficient (Wildman–Crippen LogP) is 0.0815. The number of benzene rings is 1. The van der Waals surface area contributed by atoms with Crippen molar-refractivity contribution in [3.63, 3.8) is 0 Å². The number of hydrogen-bond donors (Lipinski definition) is 3. The third kappa shape index (κ3) is 2.75. The Morgan fingerprint density at radius 3 is 2.68 bits per heavy atom. The van der Waals surface area contributed by atoms with Gasteiger partial charge in [-0.25, -0.2) is 9.03 Å². The number of nitrogens with one attached hydrogen (secondary N) is 2. The van der Waals surface area contributed by atoms with Crippen molar-refractivity contribution in [2.75, 3.05) is 10.8 Å². The minimum Gasteiger partial charge on any atom is -0.506 e. The van der Waals surface area contributed by atoms with E-state index in [1.165, 1.54) is 12.1 Å². The van der Waals surface area contributed by atoms with Crippen LogP contribution >= 0.6 is 0 Å². The lowest BCUT2D eigenvalue weighted by Crippen LogP contribution is -2.29. The van der Waals surface area contributed by atoms with Gasteiger partial charge >= 0.3 is 10.2 Å². The zero-order valence-corrected chi connectivity index (χ0v) is 12.3. The van der Waals surface area contributed by atoms with Gasteiger partial charge in [0.15, 0.2) is 0 Å². The van der Waals surface area contributed by atoms with Gasteiger partial charge in [0.2, 0.25) is 0 Å². The Labute approximate surface area is 127 Å². The fourth-order valence-corrected chi connectivity index (χ4v) is 3.46. The number of nitrogens with zero attached hydrogens (tertiary/aromatic N) is 2. The van der Waals surface area contributed by atoms with Crippen molar-refractivity contribution in [3.05, 3.63) is 41.7 Å². The van der Waals surface area contributed by atoms with Gasteiger partial charge in [0.05, 0.1) is 5.69 Å². The van der Waals surface area contributed by atoms with Crippen molar-refractivity contribution in [2.24, 2.45) is 0 Å². The number of H-pyrrole nitrogens is 1. The summed E-state index contributed by atoms with van der Waals surface area (Å²) in [6, 6.07) is 6.59. The molecule has 0 unspecified atom stereocenters. The smallest absolute Gasteiger partial charge is 0.326 e. The number of aromatic nitrogens is 2. The molecule has 0 aliphatic carbocycles. The highest BCUT2D eigenvalue weighted by Crippen LogP contribution is 2.31. The van der Waals surface area contributed by atoms with Crippen LogP contribution in [0.5, 0.6) is 5.75 Å². The van der Waals surface area contributed by atoms with Crippen LogP contribution in [0.1, 0.15) is 11.3 Å². The van der Waals surface area contributed by atoms with E-state index in [1.54, 1.807) is 12.3 Å². The molecule has 1 fully saturated rings. The lowest BCUT2D eigenvalue weighted by Gasteiger charge is -2.16. The molecule has 0 saturated carbocycles. The fraction of sp³-hybridized carbons (Fsp3) is 0.231. The summed E-state index contributed by atoms with van der Waals surface area (Å²) >= 11 is 0. The van der Waals surface area contributed by atoms with Gasteiger partial charge in [-0.3, -0.25) is 9.89 Å². The maximum absolute atomic E-state index is 11.8. The van der Waals surface area contributed by atoms with Gasteiger partial charge in [-0.05, 0) is 36.6 Å². The Kier molecular flexibility index (Phi) is 3.49. The lowest BCUT2D eigenvalue weighted by atomic mass is 10.1. The topological polar surface area (TPSA) is 115 Å². The molecule has 1 aromatic carbocycles. The van der Waals surface area contributed by atoms with Crippen LogP contribution in [0.2, 0.25) is 0 Å². The molecule has 1 aliphatic heterocycles. The van der Waals surface area contributed by atoms with Crippen LogP contribution in [-0.4, -0.2) is 36.2 Å². The molecule has 8 nitrogen and oxygen atoms in total. The summed E-state index contributed by atoms with van der Waals surface area (Å²) in [5, 5.41) is 16.8. The number of aromatic amines is 1. The molecule has 9 heteroatoms. The van der Waals surface area contributed by atoms with E-state index in [0.717, 1.165) is 22.0 Å². The van der Waals surface area contributed by atoms with E-state index in [1.807, 2.05) is 10.8 Å². The third-order valence-corrected chi connectivity index (χ3v) is 4.76. The summed E-state index contributed by atoms with van der Waals surface area (Å²) in [7, 11) is -3.91. The molecule has 116 valence electrons.